The SMILES string of the molecule is CC(O)c1cnc(N(C)C2CCCC2)s1. The minimum atomic E-state index is -0.395. The van der Waals surface area contributed by atoms with Gasteiger partial charge < -0.3 is 10.0 Å². The average molecular weight is 226 g/mol. The highest BCUT2D eigenvalue weighted by Crippen LogP contribution is 2.31. The molecular formula is C11H18N2OS. The van der Waals surface area contributed by atoms with Crippen LogP contribution >= 0.6 is 11.3 Å². The zero-order chi connectivity index (χ0) is 10.8. The summed E-state index contributed by atoms with van der Waals surface area (Å²) < 4.78 is 0. The number of aliphatic hydroxyl groups is 1. The molecule has 0 bridgehead atoms. The van der Waals surface area contributed by atoms with Crippen molar-refractivity contribution in [1.29, 1.82) is 0 Å². The van der Waals surface area contributed by atoms with Crippen LogP contribution in [-0.4, -0.2) is 23.2 Å². The Hall–Kier alpha value is -0.610. The second kappa shape index (κ2) is 4.49. The van der Waals surface area contributed by atoms with E-state index >= 15 is 0 Å². The standard InChI is InChI=1S/C11H18N2OS/c1-8(14)10-7-12-11(15-10)13(2)9-5-3-4-6-9/h7-9,14H,3-6H2,1-2H3. The van der Waals surface area contributed by atoms with E-state index < -0.39 is 6.10 Å². The molecular weight excluding hydrogens is 208 g/mol. The number of hydrogen-bond donors (Lipinski definition) is 1. The Morgan fingerprint density at radius 2 is 2.20 bits per heavy atom. The van der Waals surface area contributed by atoms with Gasteiger partial charge in [-0.3, -0.25) is 0 Å². The minimum absolute atomic E-state index is 0.395. The van der Waals surface area contributed by atoms with Crippen LogP contribution in [0.25, 0.3) is 0 Å². The lowest BCUT2D eigenvalue weighted by molar-refractivity contribution is 0.203. The van der Waals surface area contributed by atoms with Gasteiger partial charge in [-0.2, -0.15) is 0 Å². The summed E-state index contributed by atoms with van der Waals surface area (Å²) in [5.41, 5.74) is 0. The number of thiazole rings is 1. The van der Waals surface area contributed by atoms with Crippen molar-refractivity contribution < 1.29 is 5.11 Å². The van der Waals surface area contributed by atoms with Gasteiger partial charge in [0.2, 0.25) is 0 Å². The first-order valence-electron chi connectivity index (χ1n) is 5.55. The van der Waals surface area contributed by atoms with E-state index in [1.165, 1.54) is 25.7 Å². The molecule has 0 radical (unpaired) electrons. The van der Waals surface area contributed by atoms with Crippen molar-refractivity contribution in [2.24, 2.45) is 0 Å². The third kappa shape index (κ3) is 2.32. The zero-order valence-electron chi connectivity index (χ0n) is 9.31. The van der Waals surface area contributed by atoms with E-state index in [4.69, 9.17) is 0 Å². The Bertz CT molecular complexity index is 318. The van der Waals surface area contributed by atoms with Crippen LogP contribution in [-0.2, 0) is 0 Å². The first-order valence-corrected chi connectivity index (χ1v) is 6.36. The summed E-state index contributed by atoms with van der Waals surface area (Å²) in [6.07, 6.45) is 6.62. The van der Waals surface area contributed by atoms with Crippen LogP contribution in [0.2, 0.25) is 0 Å². The van der Waals surface area contributed by atoms with Gasteiger partial charge in [0.05, 0.1) is 11.0 Å². The van der Waals surface area contributed by atoms with Gasteiger partial charge in [-0.1, -0.05) is 24.2 Å². The molecule has 0 amide bonds. The van der Waals surface area contributed by atoms with Crippen molar-refractivity contribution in [2.75, 3.05) is 11.9 Å². The zero-order valence-corrected chi connectivity index (χ0v) is 10.1. The van der Waals surface area contributed by atoms with Gasteiger partial charge >= 0.3 is 0 Å². The van der Waals surface area contributed by atoms with Crippen LogP contribution in [0.3, 0.4) is 0 Å². The van der Waals surface area contributed by atoms with E-state index in [2.05, 4.69) is 16.9 Å². The normalized spacial score (nSPS) is 19.4. The maximum absolute atomic E-state index is 9.44. The van der Waals surface area contributed by atoms with E-state index in [-0.39, 0.29) is 0 Å². The molecule has 1 aromatic heterocycles. The number of anilines is 1. The maximum Gasteiger partial charge on any atom is 0.185 e. The number of aromatic nitrogens is 1. The largest absolute Gasteiger partial charge is 0.388 e. The van der Waals surface area contributed by atoms with E-state index in [0.29, 0.717) is 6.04 Å². The fourth-order valence-corrected chi connectivity index (χ4v) is 2.97. The van der Waals surface area contributed by atoms with Crippen molar-refractivity contribution in [3.8, 4) is 0 Å². The van der Waals surface area contributed by atoms with Gasteiger partial charge in [0.1, 0.15) is 0 Å². The van der Waals surface area contributed by atoms with Crippen LogP contribution in [0, 0.1) is 0 Å². The molecule has 1 atom stereocenters. The van der Waals surface area contributed by atoms with Crippen LogP contribution in [0.1, 0.15) is 43.6 Å². The summed E-state index contributed by atoms with van der Waals surface area (Å²) in [7, 11) is 2.11. The molecule has 1 aliphatic carbocycles. The predicted octanol–water partition coefficient (Wildman–Crippen LogP) is 2.58. The molecule has 0 aromatic carbocycles. The third-order valence-corrected chi connectivity index (χ3v) is 4.36. The first-order chi connectivity index (χ1) is 7.18. The number of nitrogens with zero attached hydrogens (tertiary/aromatic N) is 2. The molecule has 2 rings (SSSR count). The molecule has 84 valence electrons. The second-order valence-corrected chi connectivity index (χ2v) is 5.31. The summed E-state index contributed by atoms with van der Waals surface area (Å²) in [5.74, 6) is 0. The molecule has 1 aromatic rings. The molecule has 15 heavy (non-hydrogen) atoms. The number of aliphatic hydroxyl groups excluding tert-OH is 1. The Balaban J connectivity index is 2.07. The molecule has 1 unspecified atom stereocenters. The molecule has 1 saturated carbocycles. The van der Waals surface area contributed by atoms with Gasteiger partial charge in [0.25, 0.3) is 0 Å². The van der Waals surface area contributed by atoms with Crippen molar-refractivity contribution >= 4 is 16.5 Å². The van der Waals surface area contributed by atoms with E-state index in [9.17, 15) is 5.11 Å². The highest BCUT2D eigenvalue weighted by Gasteiger charge is 2.22. The van der Waals surface area contributed by atoms with Gasteiger partial charge in [-0.05, 0) is 19.8 Å². The Morgan fingerprint density at radius 3 is 2.73 bits per heavy atom. The van der Waals surface area contributed by atoms with E-state index in [1.54, 1.807) is 24.5 Å². The van der Waals surface area contributed by atoms with Crippen LogP contribution in [0.15, 0.2) is 6.20 Å². The predicted molar refractivity (Wildman–Crippen MR) is 63.4 cm³/mol. The molecule has 4 heteroatoms. The molecule has 3 nitrogen and oxygen atoms in total. The van der Waals surface area contributed by atoms with Gasteiger partial charge in [-0.25, -0.2) is 4.98 Å². The van der Waals surface area contributed by atoms with Crippen LogP contribution in [0.4, 0.5) is 5.13 Å². The van der Waals surface area contributed by atoms with Crippen LogP contribution in [0.5, 0.6) is 0 Å². The number of hydrogen-bond acceptors (Lipinski definition) is 4. The van der Waals surface area contributed by atoms with Crippen molar-refractivity contribution in [2.45, 2.75) is 44.8 Å². The monoisotopic (exact) mass is 226 g/mol. The molecule has 0 spiro atoms. The molecule has 1 fully saturated rings. The molecule has 1 heterocycles. The van der Waals surface area contributed by atoms with Gasteiger partial charge in [0.15, 0.2) is 5.13 Å². The third-order valence-electron chi connectivity index (χ3n) is 3.10. The first kappa shape index (κ1) is 10.9. The Morgan fingerprint density at radius 1 is 1.53 bits per heavy atom. The second-order valence-electron chi connectivity index (χ2n) is 4.27. The fraction of sp³-hybridized carbons (Fsp3) is 0.727. The van der Waals surface area contributed by atoms with Crippen molar-refractivity contribution in [3.05, 3.63) is 11.1 Å². The quantitative estimate of drug-likeness (QED) is 0.860. The van der Waals surface area contributed by atoms with Gasteiger partial charge in [0, 0.05) is 19.3 Å². The van der Waals surface area contributed by atoms with E-state index in [0.717, 1.165) is 10.0 Å². The lowest BCUT2D eigenvalue weighted by atomic mass is 10.2. The lowest BCUT2D eigenvalue weighted by Crippen LogP contribution is -2.28. The Kier molecular flexibility index (Phi) is 3.26. The van der Waals surface area contributed by atoms with Crippen LogP contribution < -0.4 is 4.90 Å². The maximum atomic E-state index is 9.44. The highest BCUT2D eigenvalue weighted by molar-refractivity contribution is 7.15. The smallest absolute Gasteiger partial charge is 0.185 e. The number of rotatable bonds is 3. The topological polar surface area (TPSA) is 36.4 Å². The molecule has 1 N–H and O–H groups in total. The molecule has 1 aliphatic rings. The summed E-state index contributed by atoms with van der Waals surface area (Å²) in [4.78, 5) is 7.59. The lowest BCUT2D eigenvalue weighted by Gasteiger charge is -2.23. The fourth-order valence-electron chi connectivity index (χ4n) is 2.08. The summed E-state index contributed by atoms with van der Waals surface area (Å²) in [6.45, 7) is 1.78. The minimum Gasteiger partial charge on any atom is -0.388 e. The van der Waals surface area contributed by atoms with Gasteiger partial charge in [-0.15, -0.1) is 0 Å². The Labute approximate surface area is 94.8 Å². The summed E-state index contributed by atoms with van der Waals surface area (Å²) in [5, 5.41) is 10.5. The van der Waals surface area contributed by atoms with E-state index in [1.807, 2.05) is 0 Å². The average Bonchev–Trinajstić information content (AvgIpc) is 2.88. The molecule has 0 saturated heterocycles. The van der Waals surface area contributed by atoms with Crippen molar-refractivity contribution in [3.63, 3.8) is 0 Å². The van der Waals surface area contributed by atoms with Crippen molar-refractivity contribution in [1.82, 2.24) is 4.98 Å². The highest BCUT2D eigenvalue weighted by atomic mass is 32.1. The molecule has 0 aliphatic heterocycles. The summed E-state index contributed by atoms with van der Waals surface area (Å²) in [6, 6.07) is 0.651. The summed E-state index contributed by atoms with van der Waals surface area (Å²) >= 11 is 1.60.